The molecule has 1 aliphatic heterocycles. The third kappa shape index (κ3) is 5.88. The number of aromatic nitrogens is 2. The minimum atomic E-state index is -4.58. The number of hydrogen-bond acceptors (Lipinski definition) is 6. The average molecular weight is 412 g/mol. The summed E-state index contributed by atoms with van der Waals surface area (Å²) in [4.78, 5) is 20.3. The lowest BCUT2D eigenvalue weighted by Gasteiger charge is -2.43. The number of alkyl halides is 5. The summed E-state index contributed by atoms with van der Waals surface area (Å²) in [5, 5.41) is 2.63. The number of amides is 1. The van der Waals surface area contributed by atoms with Crippen molar-refractivity contribution in [3.63, 3.8) is 0 Å². The first-order valence-electron chi connectivity index (χ1n) is 8.36. The van der Waals surface area contributed by atoms with Gasteiger partial charge >= 0.3 is 18.4 Å². The summed E-state index contributed by atoms with van der Waals surface area (Å²) in [7, 11) is 0. The molecule has 1 saturated heterocycles. The van der Waals surface area contributed by atoms with E-state index in [1.165, 1.54) is 6.92 Å². The summed E-state index contributed by atoms with van der Waals surface area (Å²) >= 11 is 0. The van der Waals surface area contributed by atoms with Gasteiger partial charge in [0.1, 0.15) is 12.1 Å². The van der Waals surface area contributed by atoms with Crippen LogP contribution in [-0.2, 0) is 15.7 Å². The van der Waals surface area contributed by atoms with Crippen LogP contribution >= 0.6 is 0 Å². The van der Waals surface area contributed by atoms with Gasteiger partial charge in [-0.2, -0.15) is 22.0 Å². The molecular formula is C16H21F5N4O3. The highest BCUT2D eigenvalue weighted by Gasteiger charge is 2.48. The second-order valence-electron chi connectivity index (χ2n) is 7.31. The van der Waals surface area contributed by atoms with Gasteiger partial charge in [0.05, 0.1) is 17.7 Å². The highest BCUT2D eigenvalue weighted by Crippen LogP contribution is 2.31. The first kappa shape index (κ1) is 22.1. The Morgan fingerprint density at radius 3 is 2.39 bits per heavy atom. The maximum absolute atomic E-state index is 13.8. The minimum absolute atomic E-state index is 0.137. The maximum Gasteiger partial charge on any atom is 0.419 e. The monoisotopic (exact) mass is 412 g/mol. The Kier molecular flexibility index (Phi) is 6.02. The van der Waals surface area contributed by atoms with Crippen molar-refractivity contribution < 1.29 is 36.2 Å². The van der Waals surface area contributed by atoms with Crippen molar-refractivity contribution in [2.24, 2.45) is 0 Å². The first-order chi connectivity index (χ1) is 12.7. The number of ether oxygens (including phenoxy) is 2. The smallest absolute Gasteiger partial charge is 0.419 e. The first-order valence-corrected chi connectivity index (χ1v) is 8.36. The molecule has 1 N–H and O–H groups in total. The number of morpholine rings is 1. The van der Waals surface area contributed by atoms with Gasteiger partial charge in [-0.3, -0.25) is 4.90 Å². The van der Waals surface area contributed by atoms with Crippen LogP contribution in [-0.4, -0.2) is 57.9 Å². The molecule has 0 unspecified atom stereocenters. The van der Waals surface area contributed by atoms with Gasteiger partial charge in [0.2, 0.25) is 5.95 Å². The highest BCUT2D eigenvalue weighted by molar-refractivity contribution is 5.69. The van der Waals surface area contributed by atoms with E-state index in [4.69, 9.17) is 4.74 Å². The molecule has 1 aromatic rings. The fourth-order valence-electron chi connectivity index (χ4n) is 2.51. The molecule has 2 atom stereocenters. The number of anilines is 1. The number of hydrogen-bond donors (Lipinski definition) is 1. The maximum atomic E-state index is 13.8. The van der Waals surface area contributed by atoms with Crippen molar-refractivity contribution in [3.8, 4) is 0 Å². The summed E-state index contributed by atoms with van der Waals surface area (Å²) in [5.74, 6) is -0.151. The Morgan fingerprint density at radius 2 is 1.89 bits per heavy atom. The molecule has 1 aromatic heterocycles. The number of halogens is 5. The van der Waals surface area contributed by atoms with E-state index in [0.29, 0.717) is 12.4 Å². The summed E-state index contributed by atoms with van der Waals surface area (Å²) in [5.41, 5.74) is -1.93. The Morgan fingerprint density at radius 1 is 1.32 bits per heavy atom. The van der Waals surface area contributed by atoms with E-state index in [1.807, 2.05) is 0 Å². The van der Waals surface area contributed by atoms with Crippen LogP contribution in [0.4, 0.5) is 32.7 Å². The largest absolute Gasteiger partial charge is 0.444 e. The zero-order chi connectivity index (χ0) is 21.3. The lowest BCUT2D eigenvalue weighted by Crippen LogP contribution is -2.61. The lowest BCUT2D eigenvalue weighted by molar-refractivity contribution is -0.300. The number of nitrogens with one attached hydrogen (secondary N) is 1. The number of carbonyl (C=O) groups excluding carboxylic acids is 1. The van der Waals surface area contributed by atoms with E-state index in [0.717, 1.165) is 4.90 Å². The second-order valence-corrected chi connectivity index (χ2v) is 7.31. The van der Waals surface area contributed by atoms with Gasteiger partial charge in [0, 0.05) is 18.9 Å². The molecule has 1 fully saturated rings. The predicted molar refractivity (Wildman–Crippen MR) is 87.7 cm³/mol. The molecule has 158 valence electrons. The van der Waals surface area contributed by atoms with E-state index in [9.17, 15) is 26.7 Å². The summed E-state index contributed by atoms with van der Waals surface area (Å²) in [6.45, 7) is 4.97. The third-order valence-electron chi connectivity index (χ3n) is 3.73. The van der Waals surface area contributed by atoms with Crippen LogP contribution < -0.4 is 5.32 Å². The molecule has 0 aromatic carbocycles. The second kappa shape index (κ2) is 7.64. The molecule has 7 nitrogen and oxygen atoms in total. The summed E-state index contributed by atoms with van der Waals surface area (Å²) in [6, 6.07) is -0.889. The highest BCUT2D eigenvalue weighted by atomic mass is 19.4. The molecule has 0 aliphatic carbocycles. The van der Waals surface area contributed by atoms with Crippen LogP contribution in [0, 0.1) is 0 Å². The molecule has 2 rings (SSSR count). The fourth-order valence-corrected chi connectivity index (χ4v) is 2.51. The molecular weight excluding hydrogens is 391 g/mol. The Bertz CT molecular complexity index is 691. The van der Waals surface area contributed by atoms with Gasteiger partial charge in [-0.05, 0) is 27.7 Å². The summed E-state index contributed by atoms with van der Waals surface area (Å²) < 4.78 is 75.0. The summed E-state index contributed by atoms with van der Waals surface area (Å²) in [6.07, 6.45) is -8.99. The average Bonchev–Trinajstić information content (AvgIpc) is 2.50. The standard InChI is InChI=1S/C16H21F5N4O3/c1-9-11(7-24-12-22-5-10(6-23-12)16(19,20)21)25(8-15(17,18)27-9)13(26)28-14(2,3)4/h5-6,9,11H,7-8H2,1-4H3,(H,22,23,24)/t9-,11+/m0/s1. The van der Waals surface area contributed by atoms with Gasteiger partial charge < -0.3 is 14.8 Å². The van der Waals surface area contributed by atoms with Crippen molar-refractivity contribution >= 4 is 12.0 Å². The van der Waals surface area contributed by atoms with Gasteiger partial charge in [0.15, 0.2) is 0 Å². The molecule has 2 heterocycles. The van der Waals surface area contributed by atoms with Crippen LogP contribution in [0.3, 0.4) is 0 Å². The molecule has 0 spiro atoms. The Labute approximate surface area is 158 Å². The molecule has 0 saturated carbocycles. The van der Waals surface area contributed by atoms with E-state index < -0.39 is 48.2 Å². The van der Waals surface area contributed by atoms with Crippen molar-refractivity contribution in [2.75, 3.05) is 18.4 Å². The van der Waals surface area contributed by atoms with Crippen molar-refractivity contribution in [3.05, 3.63) is 18.0 Å². The van der Waals surface area contributed by atoms with E-state index in [-0.39, 0.29) is 12.5 Å². The minimum Gasteiger partial charge on any atom is -0.444 e. The normalized spacial score (nSPS) is 22.7. The molecule has 0 radical (unpaired) electrons. The Balaban J connectivity index is 2.12. The van der Waals surface area contributed by atoms with Gasteiger partial charge in [-0.1, -0.05) is 0 Å². The van der Waals surface area contributed by atoms with E-state index in [1.54, 1.807) is 20.8 Å². The quantitative estimate of drug-likeness (QED) is 0.766. The van der Waals surface area contributed by atoms with Crippen LogP contribution in [0.1, 0.15) is 33.3 Å². The van der Waals surface area contributed by atoms with Crippen LogP contribution in [0.5, 0.6) is 0 Å². The zero-order valence-corrected chi connectivity index (χ0v) is 15.7. The fraction of sp³-hybridized carbons (Fsp3) is 0.688. The van der Waals surface area contributed by atoms with Gasteiger partial charge in [-0.15, -0.1) is 0 Å². The van der Waals surface area contributed by atoms with Crippen molar-refractivity contribution in [1.82, 2.24) is 14.9 Å². The predicted octanol–water partition coefficient (Wildman–Crippen LogP) is 3.52. The lowest BCUT2D eigenvalue weighted by atomic mass is 10.1. The number of rotatable bonds is 3. The van der Waals surface area contributed by atoms with E-state index >= 15 is 0 Å². The van der Waals surface area contributed by atoms with Gasteiger partial charge in [0.25, 0.3) is 0 Å². The number of carbonyl (C=O) groups is 1. The topological polar surface area (TPSA) is 76.6 Å². The van der Waals surface area contributed by atoms with Crippen LogP contribution in [0.2, 0.25) is 0 Å². The van der Waals surface area contributed by atoms with Crippen molar-refractivity contribution in [2.45, 2.75) is 57.7 Å². The molecule has 1 amide bonds. The van der Waals surface area contributed by atoms with Crippen molar-refractivity contribution in [1.29, 1.82) is 0 Å². The van der Waals surface area contributed by atoms with Gasteiger partial charge in [-0.25, -0.2) is 14.8 Å². The third-order valence-corrected chi connectivity index (χ3v) is 3.73. The molecule has 1 aliphatic rings. The number of nitrogens with zero attached hydrogens (tertiary/aromatic N) is 3. The van der Waals surface area contributed by atoms with E-state index in [2.05, 4.69) is 20.0 Å². The molecule has 28 heavy (non-hydrogen) atoms. The molecule has 12 heteroatoms. The zero-order valence-electron chi connectivity index (χ0n) is 15.7. The SMILES string of the molecule is C[C@@H]1OC(F)(F)CN(C(=O)OC(C)(C)C)[C@@H]1CNc1ncc(C(F)(F)F)cn1. The van der Waals surface area contributed by atoms with Crippen LogP contribution in [0.15, 0.2) is 12.4 Å². The molecule has 0 bridgehead atoms. The Hall–Kier alpha value is -2.24. The van der Waals surface area contributed by atoms with Crippen LogP contribution in [0.25, 0.3) is 0 Å².